The molecule has 4 heteroatoms. The predicted molar refractivity (Wildman–Crippen MR) is 74.8 cm³/mol. The Morgan fingerprint density at radius 2 is 2.26 bits per heavy atom. The van der Waals surface area contributed by atoms with Crippen molar-refractivity contribution in [2.24, 2.45) is 11.7 Å². The topological polar surface area (TPSA) is 64.3 Å². The molecule has 0 aromatic heterocycles. The van der Waals surface area contributed by atoms with Crippen LogP contribution in [0.15, 0.2) is 36.4 Å². The Kier molecular flexibility index (Phi) is 4.22. The normalized spacial score (nSPS) is 23.1. The molecule has 2 rings (SSSR count). The van der Waals surface area contributed by atoms with Crippen molar-refractivity contribution in [2.75, 3.05) is 7.11 Å². The number of carbonyl (C=O) groups excluding carboxylic acids is 1. The zero-order chi connectivity index (χ0) is 13.8. The van der Waals surface area contributed by atoms with E-state index in [1.165, 1.54) is 0 Å². The van der Waals surface area contributed by atoms with Crippen LogP contribution in [-0.4, -0.2) is 19.1 Å². The summed E-state index contributed by atoms with van der Waals surface area (Å²) in [7, 11) is 1.63. The van der Waals surface area contributed by atoms with Gasteiger partial charge in [0, 0.05) is 6.04 Å². The SMILES string of the molecule is COc1cccc([C@@H](C)NC(=O)C2C=CC(N)C2)c1. The van der Waals surface area contributed by atoms with Gasteiger partial charge in [-0.25, -0.2) is 0 Å². The fourth-order valence-electron chi connectivity index (χ4n) is 2.24. The third-order valence-corrected chi connectivity index (χ3v) is 3.41. The minimum absolute atomic E-state index is 0.00266. The Hall–Kier alpha value is -1.81. The molecule has 0 saturated heterocycles. The zero-order valence-corrected chi connectivity index (χ0v) is 11.3. The number of carbonyl (C=O) groups is 1. The molecule has 1 aromatic carbocycles. The van der Waals surface area contributed by atoms with Gasteiger partial charge in [-0.05, 0) is 31.0 Å². The average molecular weight is 260 g/mol. The molecule has 3 N–H and O–H groups in total. The van der Waals surface area contributed by atoms with Crippen LogP contribution >= 0.6 is 0 Å². The minimum atomic E-state index is -0.108. The van der Waals surface area contributed by atoms with Crippen LogP contribution in [-0.2, 0) is 4.79 Å². The first-order chi connectivity index (χ1) is 9.10. The summed E-state index contributed by atoms with van der Waals surface area (Å²) in [6.45, 7) is 1.96. The van der Waals surface area contributed by atoms with Crippen LogP contribution in [0.2, 0.25) is 0 Å². The van der Waals surface area contributed by atoms with Gasteiger partial charge in [-0.1, -0.05) is 24.3 Å². The number of hydrogen-bond acceptors (Lipinski definition) is 3. The van der Waals surface area contributed by atoms with E-state index in [1.807, 2.05) is 43.3 Å². The van der Waals surface area contributed by atoms with E-state index in [9.17, 15) is 4.79 Å². The van der Waals surface area contributed by atoms with Crippen LogP contribution in [0, 0.1) is 5.92 Å². The second kappa shape index (κ2) is 5.89. The van der Waals surface area contributed by atoms with Crippen molar-refractivity contribution >= 4 is 5.91 Å². The van der Waals surface area contributed by atoms with E-state index in [0.717, 1.165) is 11.3 Å². The molecule has 0 fully saturated rings. The quantitative estimate of drug-likeness (QED) is 0.811. The maximum Gasteiger partial charge on any atom is 0.227 e. The van der Waals surface area contributed by atoms with E-state index in [-0.39, 0.29) is 23.9 Å². The summed E-state index contributed by atoms with van der Waals surface area (Å²) in [5, 5.41) is 3.01. The summed E-state index contributed by atoms with van der Waals surface area (Å²) in [5.74, 6) is 0.712. The largest absolute Gasteiger partial charge is 0.497 e. The number of amides is 1. The predicted octanol–water partition coefficient (Wildman–Crippen LogP) is 1.78. The van der Waals surface area contributed by atoms with Crippen molar-refractivity contribution in [3.8, 4) is 5.75 Å². The van der Waals surface area contributed by atoms with Crippen molar-refractivity contribution in [2.45, 2.75) is 25.4 Å². The van der Waals surface area contributed by atoms with Gasteiger partial charge in [0.2, 0.25) is 5.91 Å². The van der Waals surface area contributed by atoms with Crippen molar-refractivity contribution in [3.05, 3.63) is 42.0 Å². The van der Waals surface area contributed by atoms with E-state index in [4.69, 9.17) is 10.5 Å². The van der Waals surface area contributed by atoms with Crippen molar-refractivity contribution in [1.29, 1.82) is 0 Å². The number of nitrogens with two attached hydrogens (primary N) is 1. The van der Waals surface area contributed by atoms with Crippen molar-refractivity contribution in [1.82, 2.24) is 5.32 Å². The molecule has 1 aliphatic carbocycles. The summed E-state index contributed by atoms with van der Waals surface area (Å²) in [5.41, 5.74) is 6.79. The Morgan fingerprint density at radius 3 is 2.89 bits per heavy atom. The first-order valence-electron chi connectivity index (χ1n) is 6.48. The number of ether oxygens (including phenoxy) is 1. The van der Waals surface area contributed by atoms with Crippen LogP contribution < -0.4 is 15.8 Å². The molecule has 0 saturated carbocycles. The van der Waals surface area contributed by atoms with Gasteiger partial charge in [0.1, 0.15) is 5.75 Å². The average Bonchev–Trinajstić information content (AvgIpc) is 2.85. The molecule has 4 nitrogen and oxygen atoms in total. The first-order valence-corrected chi connectivity index (χ1v) is 6.48. The van der Waals surface area contributed by atoms with Gasteiger partial charge in [-0.3, -0.25) is 4.79 Å². The molecular formula is C15H20N2O2. The molecule has 3 atom stereocenters. The molecular weight excluding hydrogens is 240 g/mol. The third kappa shape index (κ3) is 3.35. The summed E-state index contributed by atoms with van der Waals surface area (Å²) in [4.78, 5) is 12.1. The van der Waals surface area contributed by atoms with Crippen molar-refractivity contribution < 1.29 is 9.53 Å². The molecule has 0 spiro atoms. The Labute approximate surface area is 113 Å². The Morgan fingerprint density at radius 1 is 1.47 bits per heavy atom. The molecule has 1 aliphatic rings. The van der Waals surface area contributed by atoms with Gasteiger partial charge in [-0.15, -0.1) is 0 Å². The maximum absolute atomic E-state index is 12.1. The Bertz CT molecular complexity index is 485. The van der Waals surface area contributed by atoms with Gasteiger partial charge in [0.05, 0.1) is 19.1 Å². The number of benzene rings is 1. The van der Waals surface area contributed by atoms with Gasteiger partial charge in [0.15, 0.2) is 0 Å². The zero-order valence-electron chi connectivity index (χ0n) is 11.3. The lowest BCUT2D eigenvalue weighted by Gasteiger charge is -2.17. The standard InChI is InChI=1S/C15H20N2O2/c1-10(11-4-3-5-14(9-11)19-2)17-15(18)12-6-7-13(16)8-12/h3-7,9-10,12-13H,8,16H2,1-2H3,(H,17,18)/t10-,12?,13?/m1/s1. The number of hydrogen-bond donors (Lipinski definition) is 2. The van der Waals surface area contributed by atoms with Gasteiger partial charge < -0.3 is 15.8 Å². The van der Waals surface area contributed by atoms with Crippen LogP contribution in [0.5, 0.6) is 5.75 Å². The molecule has 0 bridgehead atoms. The van der Waals surface area contributed by atoms with Gasteiger partial charge >= 0.3 is 0 Å². The summed E-state index contributed by atoms with van der Waals surface area (Å²) < 4.78 is 5.18. The summed E-state index contributed by atoms with van der Waals surface area (Å²) in [6, 6.07) is 7.67. The molecule has 102 valence electrons. The highest BCUT2D eigenvalue weighted by Crippen LogP contribution is 2.21. The molecule has 2 unspecified atom stereocenters. The molecule has 0 radical (unpaired) electrons. The summed E-state index contributed by atoms with van der Waals surface area (Å²) in [6.07, 6.45) is 4.47. The second-order valence-electron chi connectivity index (χ2n) is 4.90. The first kappa shape index (κ1) is 13.6. The lowest BCUT2D eigenvalue weighted by molar-refractivity contribution is -0.124. The lowest BCUT2D eigenvalue weighted by atomic mass is 10.0. The van der Waals surface area contributed by atoms with Crippen LogP contribution in [0.25, 0.3) is 0 Å². The molecule has 19 heavy (non-hydrogen) atoms. The third-order valence-electron chi connectivity index (χ3n) is 3.41. The molecule has 0 aliphatic heterocycles. The van der Waals surface area contributed by atoms with E-state index in [1.54, 1.807) is 7.11 Å². The smallest absolute Gasteiger partial charge is 0.227 e. The number of methoxy groups -OCH3 is 1. The minimum Gasteiger partial charge on any atom is -0.497 e. The van der Waals surface area contributed by atoms with Gasteiger partial charge in [0.25, 0.3) is 0 Å². The van der Waals surface area contributed by atoms with Crippen LogP contribution in [0.4, 0.5) is 0 Å². The summed E-state index contributed by atoms with van der Waals surface area (Å²) >= 11 is 0. The van der Waals surface area contributed by atoms with E-state index < -0.39 is 0 Å². The van der Waals surface area contributed by atoms with E-state index in [2.05, 4.69) is 5.32 Å². The lowest BCUT2D eigenvalue weighted by Crippen LogP contribution is -2.32. The molecule has 1 amide bonds. The fourth-order valence-corrected chi connectivity index (χ4v) is 2.24. The highest BCUT2D eigenvalue weighted by atomic mass is 16.5. The molecule has 0 heterocycles. The highest BCUT2D eigenvalue weighted by molar-refractivity contribution is 5.81. The van der Waals surface area contributed by atoms with Crippen LogP contribution in [0.3, 0.4) is 0 Å². The van der Waals surface area contributed by atoms with Gasteiger partial charge in [-0.2, -0.15) is 0 Å². The number of nitrogens with one attached hydrogen (secondary N) is 1. The van der Waals surface area contributed by atoms with E-state index in [0.29, 0.717) is 6.42 Å². The fraction of sp³-hybridized carbons (Fsp3) is 0.400. The second-order valence-corrected chi connectivity index (χ2v) is 4.90. The van der Waals surface area contributed by atoms with E-state index >= 15 is 0 Å². The van der Waals surface area contributed by atoms with Crippen LogP contribution in [0.1, 0.15) is 24.9 Å². The maximum atomic E-state index is 12.1. The highest BCUT2D eigenvalue weighted by Gasteiger charge is 2.23. The number of rotatable bonds is 4. The molecule has 1 aromatic rings. The Balaban J connectivity index is 1.98. The monoisotopic (exact) mass is 260 g/mol. The van der Waals surface area contributed by atoms with Crippen molar-refractivity contribution in [3.63, 3.8) is 0 Å².